The Kier molecular flexibility index (Phi) is 6.10. The van der Waals surface area contributed by atoms with E-state index in [0.717, 1.165) is 39.9 Å². The SMILES string of the molecule is O=C(C[C@@H]1SC(=O)NC1=O)Oc1ccc([C@@H]2Oc3ccc(Cl)cc3[C@@H]3CC(c4ccccc4)=NN32)cc1. The highest BCUT2D eigenvalue weighted by molar-refractivity contribution is 8.15. The van der Waals surface area contributed by atoms with Crippen LogP contribution >= 0.6 is 23.4 Å². The fourth-order valence-electron chi connectivity index (χ4n) is 4.64. The molecule has 3 atom stereocenters. The van der Waals surface area contributed by atoms with Gasteiger partial charge in [-0.15, -0.1) is 0 Å². The van der Waals surface area contributed by atoms with Gasteiger partial charge in [-0.3, -0.25) is 19.7 Å². The second-order valence-electron chi connectivity index (χ2n) is 8.80. The van der Waals surface area contributed by atoms with Crippen LogP contribution in [-0.2, 0) is 9.59 Å². The van der Waals surface area contributed by atoms with E-state index in [0.29, 0.717) is 17.2 Å². The molecule has 0 radical (unpaired) electrons. The Hall–Kier alpha value is -3.82. The molecule has 8 nitrogen and oxygen atoms in total. The largest absolute Gasteiger partial charge is 0.464 e. The molecule has 37 heavy (non-hydrogen) atoms. The first kappa shape index (κ1) is 23.6. The Balaban J connectivity index is 1.23. The molecule has 1 fully saturated rings. The lowest BCUT2D eigenvalue weighted by molar-refractivity contribution is -0.135. The van der Waals surface area contributed by atoms with Crippen LogP contribution < -0.4 is 14.8 Å². The van der Waals surface area contributed by atoms with Gasteiger partial charge >= 0.3 is 5.97 Å². The molecule has 3 aliphatic rings. The zero-order chi connectivity index (χ0) is 25.5. The topological polar surface area (TPSA) is 97.3 Å². The molecule has 186 valence electrons. The van der Waals surface area contributed by atoms with E-state index in [9.17, 15) is 14.4 Å². The molecule has 0 aromatic heterocycles. The van der Waals surface area contributed by atoms with Crippen LogP contribution in [0.25, 0.3) is 0 Å². The number of benzene rings is 3. The van der Waals surface area contributed by atoms with Crippen molar-refractivity contribution in [1.29, 1.82) is 0 Å². The number of imide groups is 1. The van der Waals surface area contributed by atoms with Gasteiger partial charge in [0.15, 0.2) is 0 Å². The smallest absolute Gasteiger partial charge is 0.312 e. The minimum atomic E-state index is -0.771. The highest BCUT2D eigenvalue weighted by Gasteiger charge is 2.41. The summed E-state index contributed by atoms with van der Waals surface area (Å²) in [5, 5.41) is 8.46. The van der Waals surface area contributed by atoms with Gasteiger partial charge in [0.1, 0.15) is 16.7 Å². The summed E-state index contributed by atoms with van der Waals surface area (Å²) in [6, 6.07) is 22.6. The molecule has 0 saturated carbocycles. The Labute approximate surface area is 221 Å². The van der Waals surface area contributed by atoms with Crippen molar-refractivity contribution in [2.24, 2.45) is 5.10 Å². The van der Waals surface area contributed by atoms with Crippen LogP contribution in [0.2, 0.25) is 5.02 Å². The number of carbonyl (C=O) groups excluding carboxylic acids is 3. The van der Waals surface area contributed by atoms with Crippen molar-refractivity contribution < 1.29 is 23.9 Å². The molecule has 10 heteroatoms. The maximum Gasteiger partial charge on any atom is 0.312 e. The van der Waals surface area contributed by atoms with Crippen LogP contribution in [0.15, 0.2) is 77.9 Å². The molecule has 3 aromatic rings. The number of carbonyl (C=O) groups is 3. The molecule has 1 N–H and O–H groups in total. The first-order valence-electron chi connectivity index (χ1n) is 11.6. The van der Waals surface area contributed by atoms with Gasteiger partial charge in [0, 0.05) is 22.6 Å². The van der Waals surface area contributed by atoms with E-state index < -0.39 is 28.6 Å². The molecule has 3 aromatic carbocycles. The van der Waals surface area contributed by atoms with Crippen molar-refractivity contribution in [1.82, 2.24) is 10.3 Å². The van der Waals surface area contributed by atoms with E-state index in [1.807, 2.05) is 59.6 Å². The number of amides is 2. The second-order valence-corrected chi connectivity index (χ2v) is 10.4. The first-order chi connectivity index (χ1) is 17.9. The maximum atomic E-state index is 12.3. The van der Waals surface area contributed by atoms with E-state index in [1.54, 1.807) is 18.2 Å². The van der Waals surface area contributed by atoms with Crippen molar-refractivity contribution in [3.8, 4) is 11.5 Å². The highest BCUT2D eigenvalue weighted by atomic mass is 35.5. The molecular formula is C27H20ClN3O5S. The number of ether oxygens (including phenoxy) is 2. The molecule has 0 aliphatic carbocycles. The molecule has 1 saturated heterocycles. The summed E-state index contributed by atoms with van der Waals surface area (Å²) >= 11 is 7.10. The number of hydrazone groups is 1. The lowest BCUT2D eigenvalue weighted by atomic mass is 9.96. The van der Waals surface area contributed by atoms with Gasteiger partial charge < -0.3 is 9.47 Å². The average Bonchev–Trinajstić information content (AvgIpc) is 3.48. The lowest BCUT2D eigenvalue weighted by Gasteiger charge is -2.38. The van der Waals surface area contributed by atoms with E-state index >= 15 is 0 Å². The highest BCUT2D eigenvalue weighted by Crippen LogP contribution is 2.48. The zero-order valence-corrected chi connectivity index (χ0v) is 20.9. The second kappa shape index (κ2) is 9.57. The van der Waals surface area contributed by atoms with Crippen LogP contribution in [0.5, 0.6) is 11.5 Å². The van der Waals surface area contributed by atoms with E-state index in [-0.39, 0.29) is 12.5 Å². The third-order valence-electron chi connectivity index (χ3n) is 6.37. The summed E-state index contributed by atoms with van der Waals surface area (Å²) in [6.07, 6.45) is 0.0261. The molecule has 2 amide bonds. The van der Waals surface area contributed by atoms with E-state index in [4.69, 9.17) is 26.2 Å². The quantitative estimate of drug-likeness (QED) is 0.354. The van der Waals surface area contributed by atoms with Gasteiger partial charge in [-0.2, -0.15) is 5.10 Å². The molecule has 0 bridgehead atoms. The van der Waals surface area contributed by atoms with Crippen LogP contribution in [-0.4, -0.2) is 33.1 Å². The third kappa shape index (κ3) is 4.68. The number of fused-ring (bicyclic) bond motifs is 3. The van der Waals surface area contributed by atoms with Gasteiger partial charge in [-0.1, -0.05) is 53.7 Å². The van der Waals surface area contributed by atoms with E-state index in [1.165, 1.54) is 0 Å². The molecule has 0 spiro atoms. The van der Waals surface area contributed by atoms with Gasteiger partial charge in [0.2, 0.25) is 12.1 Å². The van der Waals surface area contributed by atoms with Gasteiger partial charge in [0.05, 0.1) is 18.2 Å². The van der Waals surface area contributed by atoms with Crippen molar-refractivity contribution in [3.63, 3.8) is 0 Å². The Bertz CT molecular complexity index is 1430. The summed E-state index contributed by atoms with van der Waals surface area (Å²) in [6.45, 7) is 0. The van der Waals surface area contributed by atoms with Crippen molar-refractivity contribution in [2.45, 2.75) is 30.4 Å². The fraction of sp³-hybridized carbons (Fsp3) is 0.185. The summed E-state index contributed by atoms with van der Waals surface area (Å²) in [7, 11) is 0. The minimum absolute atomic E-state index is 0.0436. The van der Waals surface area contributed by atoms with Gasteiger partial charge in [-0.25, -0.2) is 5.01 Å². The molecule has 3 heterocycles. The molecular weight excluding hydrogens is 514 g/mol. The van der Waals surface area contributed by atoms with Crippen LogP contribution in [0.3, 0.4) is 0 Å². The van der Waals surface area contributed by atoms with Crippen molar-refractivity contribution in [2.75, 3.05) is 0 Å². The van der Waals surface area contributed by atoms with Crippen molar-refractivity contribution in [3.05, 3.63) is 94.5 Å². The number of halogens is 1. The Morgan fingerprint density at radius 3 is 2.62 bits per heavy atom. The predicted octanol–water partition coefficient (Wildman–Crippen LogP) is 5.23. The van der Waals surface area contributed by atoms with Crippen molar-refractivity contribution >= 4 is 46.2 Å². The maximum absolute atomic E-state index is 12.3. The fourth-order valence-corrected chi connectivity index (χ4v) is 5.62. The number of esters is 1. The van der Waals surface area contributed by atoms with E-state index in [2.05, 4.69) is 5.32 Å². The van der Waals surface area contributed by atoms with Gasteiger partial charge in [-0.05, 0) is 48.0 Å². The number of thioether (sulfide) groups is 1. The predicted molar refractivity (Wildman–Crippen MR) is 139 cm³/mol. The summed E-state index contributed by atoms with van der Waals surface area (Å²) in [5.74, 6) is 0.0101. The van der Waals surface area contributed by atoms with Gasteiger partial charge in [0.25, 0.3) is 5.24 Å². The monoisotopic (exact) mass is 533 g/mol. The minimum Gasteiger partial charge on any atom is -0.464 e. The Morgan fingerprint density at radius 1 is 1.11 bits per heavy atom. The lowest BCUT2D eigenvalue weighted by Crippen LogP contribution is -2.33. The number of hydrogen-bond donors (Lipinski definition) is 1. The summed E-state index contributed by atoms with van der Waals surface area (Å²) < 4.78 is 11.8. The molecule has 0 unspecified atom stereocenters. The third-order valence-corrected chi connectivity index (χ3v) is 7.59. The standard InChI is InChI=1S/C27H20ClN3O5S/c28-17-8-11-22-19(12-17)21-13-20(15-4-2-1-3-5-15)30-31(21)26(36-22)16-6-9-18(10-7-16)35-24(32)14-23-25(33)29-27(34)37-23/h1-12,21,23,26H,13-14H2,(H,29,33,34)/t21-,23-,26-/m0/s1. The average molecular weight is 534 g/mol. The normalized spacial score (nSPS) is 22.0. The van der Waals surface area contributed by atoms with Crippen LogP contribution in [0, 0.1) is 0 Å². The number of rotatable bonds is 5. The zero-order valence-electron chi connectivity index (χ0n) is 19.3. The summed E-state index contributed by atoms with van der Waals surface area (Å²) in [4.78, 5) is 35.3. The Morgan fingerprint density at radius 2 is 1.89 bits per heavy atom. The van der Waals surface area contributed by atoms with Crippen LogP contribution in [0.1, 0.15) is 41.8 Å². The molecule has 6 rings (SSSR count). The number of nitrogens with zero attached hydrogens (tertiary/aromatic N) is 2. The first-order valence-corrected chi connectivity index (χ1v) is 12.9. The van der Waals surface area contributed by atoms with Crippen LogP contribution in [0.4, 0.5) is 4.79 Å². The summed E-state index contributed by atoms with van der Waals surface area (Å²) in [5.41, 5.74) is 3.83. The number of nitrogens with one attached hydrogen (secondary N) is 1. The number of hydrogen-bond acceptors (Lipinski definition) is 8. The molecule has 3 aliphatic heterocycles.